The first-order chi connectivity index (χ1) is 27.1. The molecule has 0 radical (unpaired) electrons. The Morgan fingerprint density at radius 2 is 0.764 bits per heavy atom. The fraction of sp³-hybridized carbons (Fsp3) is 0.0196. The van der Waals surface area contributed by atoms with Crippen LogP contribution in [-0.2, 0) is 5.41 Å². The van der Waals surface area contributed by atoms with Crippen LogP contribution < -0.4 is 0 Å². The van der Waals surface area contributed by atoms with E-state index in [1.165, 1.54) is 21.5 Å². The number of aromatic amines is 2. The molecule has 0 amide bonds. The molecular weight excluding hydrogens is 669 g/mol. The van der Waals surface area contributed by atoms with Crippen LogP contribution in [0.25, 0.3) is 88.1 Å². The second-order valence-corrected chi connectivity index (χ2v) is 14.8. The molecule has 2 aliphatic carbocycles. The van der Waals surface area contributed by atoms with Crippen molar-refractivity contribution in [1.82, 2.24) is 9.97 Å². The van der Waals surface area contributed by atoms with E-state index in [-0.39, 0.29) is 0 Å². The van der Waals surface area contributed by atoms with Crippen LogP contribution in [0.4, 0.5) is 0 Å². The van der Waals surface area contributed by atoms with Gasteiger partial charge in [-0.1, -0.05) is 109 Å². The van der Waals surface area contributed by atoms with Gasteiger partial charge in [-0.3, -0.25) is 0 Å². The maximum Gasteiger partial charge on any atom is 0.0991 e. The Morgan fingerprint density at radius 3 is 1.22 bits per heavy atom. The third-order valence-electron chi connectivity index (χ3n) is 12.2. The van der Waals surface area contributed by atoms with Crippen molar-refractivity contribution in [1.29, 1.82) is 10.5 Å². The number of nitrogens with zero attached hydrogens (tertiary/aromatic N) is 2. The lowest BCUT2D eigenvalue weighted by Crippen LogP contribution is -2.26. The van der Waals surface area contributed by atoms with Crippen LogP contribution >= 0.6 is 0 Å². The van der Waals surface area contributed by atoms with Crippen molar-refractivity contribution < 1.29 is 0 Å². The summed E-state index contributed by atoms with van der Waals surface area (Å²) in [6.45, 7) is 0. The van der Waals surface area contributed by atoms with E-state index in [1.807, 2.05) is 12.1 Å². The van der Waals surface area contributed by atoms with Crippen LogP contribution in [0.5, 0.6) is 0 Å². The molecule has 0 saturated carbocycles. The summed E-state index contributed by atoms with van der Waals surface area (Å²) in [4.78, 5) is 7.45. The molecular formula is C51H28N4. The summed E-state index contributed by atoms with van der Waals surface area (Å²) in [7, 11) is 0. The summed E-state index contributed by atoms with van der Waals surface area (Å²) in [6, 6.07) is 60.8. The molecule has 4 heteroatoms. The van der Waals surface area contributed by atoms with Gasteiger partial charge < -0.3 is 9.97 Å². The van der Waals surface area contributed by atoms with Crippen molar-refractivity contribution in [2.24, 2.45) is 0 Å². The number of rotatable bonds is 2. The van der Waals surface area contributed by atoms with Crippen molar-refractivity contribution in [3.8, 4) is 56.6 Å². The zero-order chi connectivity index (χ0) is 36.4. The van der Waals surface area contributed by atoms with E-state index in [9.17, 15) is 10.5 Å². The fourth-order valence-electron chi connectivity index (χ4n) is 9.93. The van der Waals surface area contributed by atoms with Gasteiger partial charge in [0.05, 0.1) is 39.7 Å². The van der Waals surface area contributed by atoms with Crippen molar-refractivity contribution in [2.45, 2.75) is 5.41 Å². The first-order valence-electron chi connectivity index (χ1n) is 18.5. The molecule has 12 rings (SSSR count). The highest BCUT2D eigenvalue weighted by Gasteiger charge is 2.52. The normalized spacial score (nSPS) is 13.2. The summed E-state index contributed by atoms with van der Waals surface area (Å²) in [5.41, 5.74) is 18.3. The second-order valence-electron chi connectivity index (χ2n) is 14.8. The lowest BCUT2D eigenvalue weighted by atomic mass is 9.69. The van der Waals surface area contributed by atoms with Gasteiger partial charge in [0, 0.05) is 43.7 Å². The molecule has 0 saturated heterocycles. The number of aromatic nitrogens is 2. The molecule has 0 aliphatic heterocycles. The van der Waals surface area contributed by atoms with Gasteiger partial charge in [0.1, 0.15) is 0 Å². The smallest absolute Gasteiger partial charge is 0.0991 e. The van der Waals surface area contributed by atoms with Gasteiger partial charge in [-0.15, -0.1) is 0 Å². The number of hydrogen-bond donors (Lipinski definition) is 2. The lowest BCUT2D eigenvalue weighted by molar-refractivity contribution is 0.793. The van der Waals surface area contributed by atoms with E-state index in [0.29, 0.717) is 11.1 Å². The topological polar surface area (TPSA) is 79.2 Å². The zero-order valence-electron chi connectivity index (χ0n) is 29.4. The quantitative estimate of drug-likeness (QED) is 0.189. The number of H-pyrrole nitrogens is 2. The Kier molecular flexibility index (Phi) is 5.81. The number of nitriles is 2. The summed E-state index contributed by atoms with van der Waals surface area (Å²) < 4.78 is 0. The maximum absolute atomic E-state index is 10.3. The summed E-state index contributed by atoms with van der Waals surface area (Å²) in [5.74, 6) is 0. The minimum absolute atomic E-state index is 0.611. The minimum atomic E-state index is -0.774. The van der Waals surface area contributed by atoms with Crippen LogP contribution in [0.3, 0.4) is 0 Å². The highest BCUT2D eigenvalue weighted by atomic mass is 14.7. The van der Waals surface area contributed by atoms with Gasteiger partial charge in [-0.2, -0.15) is 10.5 Å². The summed E-state index contributed by atoms with van der Waals surface area (Å²) in [6.07, 6.45) is 0. The highest BCUT2D eigenvalue weighted by Crippen LogP contribution is 2.64. The molecule has 4 nitrogen and oxygen atoms in total. The Bertz CT molecular complexity index is 3190. The molecule has 8 aromatic carbocycles. The molecule has 0 fully saturated rings. The van der Waals surface area contributed by atoms with Crippen molar-refractivity contribution in [3.63, 3.8) is 0 Å². The Labute approximate surface area is 316 Å². The van der Waals surface area contributed by atoms with Crippen molar-refractivity contribution in [3.05, 3.63) is 191 Å². The molecule has 0 unspecified atom stereocenters. The predicted octanol–water partition coefficient (Wildman–Crippen LogP) is 12.4. The van der Waals surface area contributed by atoms with E-state index in [1.54, 1.807) is 0 Å². The molecule has 0 bridgehead atoms. The number of hydrogen-bond acceptors (Lipinski definition) is 2. The molecule has 1 spiro atoms. The average Bonchev–Trinajstić information content (AvgIpc) is 3.97. The molecule has 2 N–H and O–H groups in total. The van der Waals surface area contributed by atoms with E-state index >= 15 is 0 Å². The van der Waals surface area contributed by atoms with Gasteiger partial charge in [-0.05, 0) is 104 Å². The number of fused-ring (bicyclic) bond motifs is 16. The SMILES string of the molecule is N#Cc1ccc2c(c1)C1(c3cc(C#N)ccc3-2)c2cc(-c3cccc4c3[nH]c3ccccc34)ccc2-c2ccc(-c3cccc4c3[nH]c3ccccc34)cc21. The third-order valence-corrected chi connectivity index (χ3v) is 12.2. The summed E-state index contributed by atoms with van der Waals surface area (Å²) in [5, 5.41) is 25.4. The monoisotopic (exact) mass is 696 g/mol. The minimum Gasteiger partial charge on any atom is -0.354 e. The van der Waals surface area contributed by atoms with E-state index in [4.69, 9.17) is 0 Å². The average molecular weight is 697 g/mol. The molecule has 2 aromatic heterocycles. The van der Waals surface area contributed by atoms with E-state index in [2.05, 4.69) is 168 Å². The third kappa shape index (κ3) is 3.82. The number of nitrogens with one attached hydrogen (secondary N) is 2. The summed E-state index contributed by atoms with van der Waals surface area (Å²) >= 11 is 0. The Balaban J connectivity index is 1.18. The van der Waals surface area contributed by atoms with Gasteiger partial charge in [0.15, 0.2) is 0 Å². The first-order valence-corrected chi connectivity index (χ1v) is 18.5. The first kappa shape index (κ1) is 29.9. The van der Waals surface area contributed by atoms with E-state index < -0.39 is 5.41 Å². The fourth-order valence-corrected chi connectivity index (χ4v) is 9.93. The van der Waals surface area contributed by atoms with Gasteiger partial charge in [-0.25, -0.2) is 0 Å². The van der Waals surface area contributed by atoms with E-state index in [0.717, 1.165) is 88.8 Å². The standard InChI is InChI=1S/C51H28N4/c52-27-29-15-19-35-36-20-16-30(28-53)24-44(36)51(43(35)23-29)45-25-31(33-9-5-11-41-39-7-1-3-13-47(39)54-49(33)41)17-21-37(45)38-22-18-32(26-46(38)51)34-10-6-12-42-40-8-2-4-14-48(40)55-50(34)42/h1-26,54-55H. The molecule has 2 aliphatic rings. The highest BCUT2D eigenvalue weighted by molar-refractivity contribution is 6.13. The largest absolute Gasteiger partial charge is 0.354 e. The van der Waals surface area contributed by atoms with Crippen LogP contribution in [0, 0.1) is 22.7 Å². The molecule has 10 aromatic rings. The van der Waals surface area contributed by atoms with Gasteiger partial charge in [0.2, 0.25) is 0 Å². The van der Waals surface area contributed by atoms with Gasteiger partial charge >= 0.3 is 0 Å². The second kappa shape index (κ2) is 10.7. The van der Waals surface area contributed by atoms with Crippen LogP contribution in [0.2, 0.25) is 0 Å². The predicted molar refractivity (Wildman–Crippen MR) is 222 cm³/mol. The molecule has 55 heavy (non-hydrogen) atoms. The van der Waals surface area contributed by atoms with Gasteiger partial charge in [0.25, 0.3) is 0 Å². The zero-order valence-corrected chi connectivity index (χ0v) is 29.4. The van der Waals surface area contributed by atoms with Crippen LogP contribution in [0.1, 0.15) is 33.4 Å². The Hall–Kier alpha value is -7.66. The molecule has 2 heterocycles. The van der Waals surface area contributed by atoms with Crippen molar-refractivity contribution in [2.75, 3.05) is 0 Å². The lowest BCUT2D eigenvalue weighted by Gasteiger charge is -2.31. The molecule has 0 atom stereocenters. The van der Waals surface area contributed by atoms with Crippen LogP contribution in [-0.4, -0.2) is 9.97 Å². The van der Waals surface area contributed by atoms with Crippen molar-refractivity contribution >= 4 is 43.6 Å². The number of benzene rings is 8. The van der Waals surface area contributed by atoms with Crippen LogP contribution in [0.15, 0.2) is 158 Å². The molecule has 252 valence electrons. The number of para-hydroxylation sites is 4. The maximum atomic E-state index is 10.3. The Morgan fingerprint density at radius 1 is 0.364 bits per heavy atom.